The summed E-state index contributed by atoms with van der Waals surface area (Å²) in [5.41, 5.74) is 0.944. The summed E-state index contributed by atoms with van der Waals surface area (Å²) in [6, 6.07) is 3.58. The van der Waals surface area contributed by atoms with Crippen LogP contribution < -0.4 is 15.4 Å². The van der Waals surface area contributed by atoms with Crippen molar-refractivity contribution in [2.24, 2.45) is 0 Å². The van der Waals surface area contributed by atoms with E-state index in [-0.39, 0.29) is 40.4 Å². The fourth-order valence-electron chi connectivity index (χ4n) is 3.45. The maximum Gasteiger partial charge on any atom is 0.404 e. The maximum absolute atomic E-state index is 15.0. The quantitative estimate of drug-likeness (QED) is 0.284. The Morgan fingerprint density at radius 1 is 1.31 bits per heavy atom. The number of benzene rings is 1. The van der Waals surface area contributed by atoms with Crippen molar-refractivity contribution in [1.29, 1.82) is 0 Å². The van der Waals surface area contributed by atoms with Gasteiger partial charge in [0.25, 0.3) is 0 Å². The van der Waals surface area contributed by atoms with Crippen molar-refractivity contribution in [2.75, 3.05) is 22.8 Å². The molecule has 4 rings (SSSR count). The van der Waals surface area contributed by atoms with Gasteiger partial charge >= 0.3 is 6.09 Å². The van der Waals surface area contributed by atoms with Crippen LogP contribution in [0.15, 0.2) is 24.4 Å². The number of rotatable bonds is 9. The summed E-state index contributed by atoms with van der Waals surface area (Å²) in [7, 11) is -3.65. The fourth-order valence-corrected chi connectivity index (χ4v) is 4.36. The number of sulfonamides is 1. The van der Waals surface area contributed by atoms with Crippen LogP contribution in [0.4, 0.5) is 20.8 Å². The number of carbonyl (C=O) groups is 1. The molecule has 1 fully saturated rings. The minimum absolute atomic E-state index is 0.0254. The van der Waals surface area contributed by atoms with E-state index in [9.17, 15) is 13.2 Å². The predicted molar refractivity (Wildman–Crippen MR) is 130 cm³/mol. The monoisotopic (exact) mass is 523 g/mol. The normalized spacial score (nSPS) is 14.4. The number of nitrogens with zero attached hydrogens (tertiary/aromatic N) is 3. The van der Waals surface area contributed by atoms with Gasteiger partial charge in [-0.05, 0) is 38.0 Å². The van der Waals surface area contributed by atoms with Gasteiger partial charge in [-0.3, -0.25) is 4.72 Å². The summed E-state index contributed by atoms with van der Waals surface area (Å²) in [6.07, 6.45) is 3.20. The number of halogens is 2. The zero-order chi connectivity index (χ0) is 25.3. The largest absolute Gasteiger partial charge is 0.465 e. The van der Waals surface area contributed by atoms with Gasteiger partial charge in [0, 0.05) is 24.7 Å². The van der Waals surface area contributed by atoms with E-state index in [1.165, 1.54) is 12.3 Å². The van der Waals surface area contributed by atoms with Crippen molar-refractivity contribution >= 4 is 39.4 Å². The summed E-state index contributed by atoms with van der Waals surface area (Å²) in [4.78, 5) is 27.2. The van der Waals surface area contributed by atoms with Crippen LogP contribution in [0.2, 0.25) is 5.02 Å². The second-order valence-electron chi connectivity index (χ2n) is 8.28. The van der Waals surface area contributed by atoms with E-state index in [1.54, 1.807) is 13.0 Å². The summed E-state index contributed by atoms with van der Waals surface area (Å²) in [5.74, 6) is 0.405. The molecule has 5 N–H and O–H groups in total. The molecule has 0 aliphatic heterocycles. The Morgan fingerprint density at radius 3 is 2.71 bits per heavy atom. The van der Waals surface area contributed by atoms with Crippen LogP contribution in [-0.4, -0.2) is 58.4 Å². The second-order valence-corrected chi connectivity index (χ2v) is 10.4. The van der Waals surface area contributed by atoms with E-state index in [1.807, 2.05) is 0 Å². The first-order valence-electron chi connectivity index (χ1n) is 10.6. The summed E-state index contributed by atoms with van der Waals surface area (Å²) < 4.78 is 40.8. The molecule has 35 heavy (non-hydrogen) atoms. The third kappa shape index (κ3) is 5.98. The van der Waals surface area contributed by atoms with E-state index in [0.717, 1.165) is 25.2 Å². The number of aromatic nitrogens is 4. The SMILES string of the molecule is CC(CNc1nccc(-c2[nH]c(C3CC3)nc2-c2c(F)ccc(NS(C)(=O)=O)c2Cl)n1)NC(=O)O. The Kier molecular flexibility index (Phi) is 6.81. The van der Waals surface area contributed by atoms with E-state index in [2.05, 4.69) is 35.3 Å². The summed E-state index contributed by atoms with van der Waals surface area (Å²) in [5, 5.41) is 14.0. The van der Waals surface area contributed by atoms with Crippen molar-refractivity contribution in [1.82, 2.24) is 25.3 Å². The summed E-state index contributed by atoms with van der Waals surface area (Å²) >= 11 is 6.46. The molecule has 0 saturated heterocycles. The molecule has 1 atom stereocenters. The number of H-pyrrole nitrogens is 1. The zero-order valence-corrected chi connectivity index (χ0v) is 20.3. The minimum atomic E-state index is -3.65. The Hall–Kier alpha value is -3.45. The lowest BCUT2D eigenvalue weighted by molar-refractivity contribution is 0.191. The molecule has 2 aromatic heterocycles. The molecular weight excluding hydrogens is 501 g/mol. The molecule has 0 radical (unpaired) electrons. The number of carboxylic acid groups (broad SMARTS) is 1. The first-order chi connectivity index (χ1) is 16.5. The molecule has 2 heterocycles. The van der Waals surface area contributed by atoms with E-state index in [0.29, 0.717) is 17.2 Å². The van der Waals surface area contributed by atoms with Crippen LogP contribution in [0, 0.1) is 5.82 Å². The van der Waals surface area contributed by atoms with Gasteiger partial charge in [-0.25, -0.2) is 32.6 Å². The maximum atomic E-state index is 15.0. The topological polar surface area (TPSA) is 162 Å². The van der Waals surface area contributed by atoms with Crippen LogP contribution in [-0.2, 0) is 10.0 Å². The van der Waals surface area contributed by atoms with Crippen LogP contribution in [0.1, 0.15) is 31.5 Å². The van der Waals surface area contributed by atoms with E-state index >= 15 is 4.39 Å². The van der Waals surface area contributed by atoms with E-state index in [4.69, 9.17) is 16.7 Å². The van der Waals surface area contributed by atoms with Crippen LogP contribution in [0.3, 0.4) is 0 Å². The standard InChI is InChI=1S/C21H23ClFN7O4S/c1-10(26-21(31)32)9-25-20-24-8-7-14(27-20)17-18(29-19(28-17)11-3-4-11)15-12(23)5-6-13(16(15)22)30-35(2,33)34/h5-8,10-11,26,30H,3-4,9H2,1-2H3,(H,28,29)(H,31,32)(H,24,25,27). The van der Waals surface area contributed by atoms with E-state index < -0.39 is 28.0 Å². The number of nitrogens with one attached hydrogen (secondary N) is 4. The smallest absolute Gasteiger partial charge is 0.404 e. The lowest BCUT2D eigenvalue weighted by Gasteiger charge is -2.13. The molecule has 11 nitrogen and oxygen atoms in total. The van der Waals surface area contributed by atoms with Gasteiger partial charge in [0.05, 0.1) is 33.9 Å². The highest BCUT2D eigenvalue weighted by Crippen LogP contribution is 2.44. The average Bonchev–Trinajstić information content (AvgIpc) is 3.53. The van der Waals surface area contributed by atoms with Crippen molar-refractivity contribution in [2.45, 2.75) is 31.7 Å². The molecule has 0 bridgehead atoms. The van der Waals surface area contributed by atoms with Gasteiger partial charge in [0.2, 0.25) is 16.0 Å². The average molecular weight is 524 g/mol. The van der Waals surface area contributed by atoms with Gasteiger partial charge in [-0.15, -0.1) is 0 Å². The third-order valence-corrected chi connectivity index (χ3v) is 6.14. The fraction of sp³-hybridized carbons (Fsp3) is 0.333. The van der Waals surface area contributed by atoms with Crippen molar-refractivity contribution in [3.63, 3.8) is 0 Å². The second kappa shape index (κ2) is 9.66. The Labute approximate surface area is 205 Å². The van der Waals surface area contributed by atoms with Crippen LogP contribution in [0.5, 0.6) is 0 Å². The molecule has 1 aliphatic rings. The summed E-state index contributed by atoms with van der Waals surface area (Å²) in [6.45, 7) is 1.92. The van der Waals surface area contributed by atoms with Gasteiger partial charge in [-0.2, -0.15) is 0 Å². The molecule has 0 spiro atoms. The molecule has 1 saturated carbocycles. The Balaban J connectivity index is 1.74. The van der Waals surface area contributed by atoms with Crippen LogP contribution in [0.25, 0.3) is 22.6 Å². The predicted octanol–water partition coefficient (Wildman–Crippen LogP) is 3.64. The highest BCUT2D eigenvalue weighted by molar-refractivity contribution is 7.92. The highest BCUT2D eigenvalue weighted by atomic mass is 35.5. The molecule has 186 valence electrons. The highest BCUT2D eigenvalue weighted by Gasteiger charge is 2.31. The number of imidazole rings is 1. The Morgan fingerprint density at radius 2 is 2.06 bits per heavy atom. The zero-order valence-electron chi connectivity index (χ0n) is 18.8. The van der Waals surface area contributed by atoms with Gasteiger partial charge in [-0.1, -0.05) is 11.6 Å². The van der Waals surface area contributed by atoms with Crippen LogP contribution >= 0.6 is 11.6 Å². The van der Waals surface area contributed by atoms with Crippen molar-refractivity contribution in [3.8, 4) is 22.6 Å². The number of hydrogen-bond acceptors (Lipinski definition) is 7. The molecule has 14 heteroatoms. The number of aromatic amines is 1. The molecular formula is C21H23ClFN7O4S. The lowest BCUT2D eigenvalue weighted by atomic mass is 10.1. The first-order valence-corrected chi connectivity index (χ1v) is 12.9. The number of anilines is 2. The van der Waals surface area contributed by atoms with Crippen molar-refractivity contribution < 1.29 is 22.7 Å². The number of amides is 1. The van der Waals surface area contributed by atoms with Gasteiger partial charge in [0.1, 0.15) is 17.3 Å². The lowest BCUT2D eigenvalue weighted by Crippen LogP contribution is -2.36. The third-order valence-electron chi connectivity index (χ3n) is 5.16. The molecule has 1 aromatic carbocycles. The first kappa shape index (κ1) is 24.7. The molecule has 1 aliphatic carbocycles. The Bertz CT molecular complexity index is 1380. The minimum Gasteiger partial charge on any atom is -0.465 e. The molecule has 1 unspecified atom stereocenters. The molecule has 1 amide bonds. The van der Waals surface area contributed by atoms with Crippen molar-refractivity contribution in [3.05, 3.63) is 41.1 Å². The van der Waals surface area contributed by atoms with Gasteiger partial charge in [0.15, 0.2) is 0 Å². The molecule has 3 aromatic rings. The van der Waals surface area contributed by atoms with Gasteiger partial charge < -0.3 is 20.7 Å². The number of hydrogen-bond donors (Lipinski definition) is 5.